The fourth-order valence-corrected chi connectivity index (χ4v) is 3.03. The number of benzene rings is 1. The number of fused-ring (bicyclic) bond motifs is 1. The molecular weight excluding hydrogens is 326 g/mol. The van der Waals surface area contributed by atoms with Crippen molar-refractivity contribution < 1.29 is 18.3 Å². The van der Waals surface area contributed by atoms with E-state index in [1.165, 1.54) is 22.2 Å². The zero-order valence-electron chi connectivity index (χ0n) is 11.6. The number of aryl methyl sites for hydroxylation is 1. The molecule has 1 aromatic heterocycles. The molecule has 0 saturated heterocycles. The number of carbonyl (C=O) groups is 1. The largest absolute Gasteiger partial charge is 0.476 e. The average molecular weight is 339 g/mol. The fourth-order valence-electron chi connectivity index (χ4n) is 1.94. The number of carboxylic acids is 1. The third kappa shape index (κ3) is 4.20. The third-order valence-electron chi connectivity index (χ3n) is 2.90. The van der Waals surface area contributed by atoms with Gasteiger partial charge >= 0.3 is 16.5 Å². The van der Waals surface area contributed by atoms with Crippen molar-refractivity contribution in [3.8, 4) is 0 Å². The van der Waals surface area contributed by atoms with Gasteiger partial charge in [0, 0.05) is 13.1 Å². The van der Waals surface area contributed by atoms with Crippen molar-refractivity contribution in [2.24, 2.45) is 4.36 Å². The summed E-state index contributed by atoms with van der Waals surface area (Å²) in [5.41, 5.74) is 5.17. The third-order valence-corrected chi connectivity index (χ3v) is 4.07. The number of nitrogens with zero attached hydrogens (tertiary/aromatic N) is 2. The molecule has 0 unspecified atom stereocenters. The Labute approximate surface area is 132 Å². The summed E-state index contributed by atoms with van der Waals surface area (Å²) in [7, 11) is -2.64. The molecule has 7 nitrogen and oxygen atoms in total. The number of carboxylic acid groups (broad SMARTS) is 1. The summed E-state index contributed by atoms with van der Waals surface area (Å²) in [6.45, 7) is 4.24. The summed E-state index contributed by atoms with van der Waals surface area (Å²) in [6.07, 6.45) is 0. The molecule has 0 aliphatic carbocycles. The van der Waals surface area contributed by atoms with Gasteiger partial charge in [-0.15, -0.1) is 15.7 Å². The Hall–Kier alpha value is -2.10. The summed E-state index contributed by atoms with van der Waals surface area (Å²) in [6, 6.07) is 6.64. The summed E-state index contributed by atoms with van der Waals surface area (Å²) in [5.74, 6) is -1.29. The Balaban J connectivity index is 0.000000162. The topological polar surface area (TPSA) is 109 Å². The highest BCUT2D eigenvalue weighted by Gasteiger charge is 2.12. The van der Waals surface area contributed by atoms with Crippen LogP contribution in [0.4, 0.5) is 5.00 Å². The number of rotatable bonds is 2. The lowest BCUT2D eigenvalue weighted by Crippen LogP contribution is -1.99. The summed E-state index contributed by atoms with van der Waals surface area (Å²) >= 11 is 0.855. The van der Waals surface area contributed by atoms with Gasteiger partial charge in [0.25, 0.3) is 0 Å². The minimum absolute atomic E-state index is 0.115. The van der Waals surface area contributed by atoms with Gasteiger partial charge < -0.3 is 10.4 Å². The minimum atomic E-state index is -2.64. The van der Waals surface area contributed by atoms with Crippen LogP contribution in [0, 0.1) is 6.92 Å². The maximum Gasteiger partial charge on any atom is 0.357 e. The van der Waals surface area contributed by atoms with Gasteiger partial charge in [-0.1, -0.05) is 23.8 Å². The van der Waals surface area contributed by atoms with Crippen molar-refractivity contribution in [1.82, 2.24) is 10.3 Å². The Bertz CT molecular complexity index is 820. The molecule has 2 N–H and O–H groups in total. The van der Waals surface area contributed by atoms with Crippen LogP contribution in [0.5, 0.6) is 0 Å². The lowest BCUT2D eigenvalue weighted by molar-refractivity contribution is 0.0692. The van der Waals surface area contributed by atoms with E-state index in [2.05, 4.69) is 39.8 Å². The molecule has 3 rings (SSSR count). The molecular formula is C13H13N3O4S2. The Morgan fingerprint density at radius 1 is 1.36 bits per heavy atom. The van der Waals surface area contributed by atoms with E-state index in [9.17, 15) is 13.2 Å². The monoisotopic (exact) mass is 339 g/mol. The second-order valence-electron chi connectivity index (χ2n) is 4.50. The van der Waals surface area contributed by atoms with Crippen LogP contribution in [0.1, 0.15) is 27.2 Å². The summed E-state index contributed by atoms with van der Waals surface area (Å²) in [4.78, 5) is 13.8. The molecule has 0 saturated carbocycles. The second kappa shape index (κ2) is 7.25. The number of aromatic carboxylic acids is 1. The SMILES string of the molecule is Cc1ccc2c(c1)CNC2.O=C(O)c1ncsc1N=S(=O)=O. The van der Waals surface area contributed by atoms with Gasteiger partial charge in [0.1, 0.15) is 0 Å². The maximum atomic E-state index is 10.3. The summed E-state index contributed by atoms with van der Waals surface area (Å²) in [5, 5.41) is 11.7. The van der Waals surface area contributed by atoms with Crippen molar-refractivity contribution in [2.45, 2.75) is 20.0 Å². The maximum absolute atomic E-state index is 10.3. The molecule has 1 aliphatic rings. The van der Waals surface area contributed by atoms with Gasteiger partial charge in [-0.25, -0.2) is 9.78 Å². The van der Waals surface area contributed by atoms with Crippen molar-refractivity contribution in [1.29, 1.82) is 0 Å². The van der Waals surface area contributed by atoms with Crippen LogP contribution >= 0.6 is 11.3 Å². The first kappa shape index (κ1) is 16.3. The van der Waals surface area contributed by atoms with E-state index in [4.69, 9.17) is 5.11 Å². The molecule has 116 valence electrons. The number of aromatic nitrogens is 1. The standard InChI is InChI=1S/C9H11N.C4H2N2O4S2/c1-7-2-3-8-5-10-6-9(8)4-7;7-4(8)2-3(6-12(9)10)11-1-5-2/h2-4,10H,5-6H2,1H3;1H,(H,7,8). The highest BCUT2D eigenvalue weighted by molar-refractivity contribution is 7.62. The second-order valence-corrected chi connectivity index (χ2v) is 5.95. The first-order valence-electron chi connectivity index (χ1n) is 6.24. The van der Waals surface area contributed by atoms with E-state index in [0.717, 1.165) is 24.4 Å². The van der Waals surface area contributed by atoms with Gasteiger partial charge in [0.05, 0.1) is 5.51 Å². The van der Waals surface area contributed by atoms with E-state index >= 15 is 0 Å². The molecule has 1 aromatic carbocycles. The summed E-state index contributed by atoms with van der Waals surface area (Å²) < 4.78 is 23.2. The van der Waals surface area contributed by atoms with E-state index in [1.54, 1.807) is 0 Å². The van der Waals surface area contributed by atoms with Crippen LogP contribution < -0.4 is 5.32 Å². The van der Waals surface area contributed by atoms with Gasteiger partial charge in [-0.05, 0) is 18.1 Å². The quantitative estimate of drug-likeness (QED) is 0.867. The molecule has 0 radical (unpaired) electrons. The molecule has 0 spiro atoms. The van der Waals surface area contributed by atoms with Crippen molar-refractivity contribution >= 4 is 32.8 Å². The zero-order chi connectivity index (χ0) is 16.1. The van der Waals surface area contributed by atoms with Crippen molar-refractivity contribution in [3.05, 3.63) is 46.1 Å². The van der Waals surface area contributed by atoms with Crippen LogP contribution in [0.2, 0.25) is 0 Å². The Kier molecular flexibility index (Phi) is 5.36. The molecule has 2 aromatic rings. The zero-order valence-corrected chi connectivity index (χ0v) is 13.2. The predicted molar refractivity (Wildman–Crippen MR) is 81.8 cm³/mol. The van der Waals surface area contributed by atoms with Gasteiger partial charge in [-0.3, -0.25) is 0 Å². The molecule has 0 atom stereocenters. The minimum Gasteiger partial charge on any atom is -0.476 e. The first-order chi connectivity index (χ1) is 10.5. The predicted octanol–water partition coefficient (Wildman–Crippen LogP) is 2.13. The van der Waals surface area contributed by atoms with Crippen LogP contribution in [-0.4, -0.2) is 24.5 Å². The number of hydrogen-bond acceptors (Lipinski definition) is 7. The number of thiazole rings is 1. The van der Waals surface area contributed by atoms with Crippen molar-refractivity contribution in [2.75, 3.05) is 0 Å². The van der Waals surface area contributed by atoms with Crippen molar-refractivity contribution in [3.63, 3.8) is 0 Å². The number of hydrogen-bond donors (Lipinski definition) is 2. The number of nitrogens with one attached hydrogen (secondary N) is 1. The highest BCUT2D eigenvalue weighted by Crippen LogP contribution is 2.23. The van der Waals surface area contributed by atoms with Crippen LogP contribution in [0.25, 0.3) is 0 Å². The van der Waals surface area contributed by atoms with E-state index in [1.807, 2.05) is 0 Å². The van der Waals surface area contributed by atoms with Crippen LogP contribution in [-0.2, 0) is 23.6 Å². The fraction of sp³-hybridized carbons (Fsp3) is 0.231. The lowest BCUT2D eigenvalue weighted by Gasteiger charge is -1.97. The molecule has 0 amide bonds. The normalized spacial score (nSPS) is 12.0. The van der Waals surface area contributed by atoms with Gasteiger partial charge in [-0.2, -0.15) is 8.42 Å². The lowest BCUT2D eigenvalue weighted by atomic mass is 10.1. The molecule has 2 heterocycles. The van der Waals surface area contributed by atoms with Gasteiger partial charge in [0.2, 0.25) is 0 Å². The first-order valence-corrected chi connectivity index (χ1v) is 8.15. The highest BCUT2D eigenvalue weighted by atomic mass is 32.2. The van der Waals surface area contributed by atoms with Crippen LogP contribution in [0.15, 0.2) is 28.1 Å². The molecule has 0 fully saturated rings. The van der Waals surface area contributed by atoms with E-state index in [-0.39, 0.29) is 10.7 Å². The average Bonchev–Trinajstić information content (AvgIpc) is 3.06. The Morgan fingerprint density at radius 3 is 2.77 bits per heavy atom. The molecule has 22 heavy (non-hydrogen) atoms. The Morgan fingerprint density at radius 2 is 2.09 bits per heavy atom. The molecule has 1 aliphatic heterocycles. The smallest absolute Gasteiger partial charge is 0.357 e. The van der Waals surface area contributed by atoms with E-state index < -0.39 is 16.5 Å². The molecule has 0 bridgehead atoms. The van der Waals surface area contributed by atoms with E-state index in [0.29, 0.717) is 0 Å². The molecule has 9 heteroatoms. The van der Waals surface area contributed by atoms with Gasteiger partial charge in [0.15, 0.2) is 10.7 Å². The van der Waals surface area contributed by atoms with Crippen LogP contribution in [0.3, 0.4) is 0 Å².